The van der Waals surface area contributed by atoms with Crippen LogP contribution >= 0.6 is 35.3 Å². The second-order valence-electron chi connectivity index (χ2n) is 5.26. The lowest BCUT2D eigenvalue weighted by atomic mass is 10.3. The highest BCUT2D eigenvalue weighted by atomic mass is 127. The van der Waals surface area contributed by atoms with Crippen molar-refractivity contribution in [3.05, 3.63) is 46.5 Å². The fourth-order valence-corrected chi connectivity index (χ4v) is 2.68. The topological polar surface area (TPSA) is 78.7 Å². The highest BCUT2D eigenvalue weighted by Crippen LogP contribution is 2.09. The van der Waals surface area contributed by atoms with Crippen molar-refractivity contribution in [2.45, 2.75) is 26.3 Å². The Bertz CT molecular complexity index is 615. The van der Waals surface area contributed by atoms with E-state index in [9.17, 15) is 4.79 Å². The lowest BCUT2D eigenvalue weighted by Crippen LogP contribution is -2.39. The van der Waals surface area contributed by atoms with Crippen LogP contribution in [-0.2, 0) is 17.8 Å². The maximum Gasteiger partial charge on any atom is 0.216 e. The first-order valence-electron chi connectivity index (χ1n) is 8.05. The molecule has 2 rings (SSSR count). The SMILES string of the molecule is CC(=O)NCCCNC(=NCc1cccs1)NCCc1ccco1.I. The Hall–Kier alpha value is -1.55. The summed E-state index contributed by atoms with van der Waals surface area (Å²) in [6, 6.07) is 7.96. The number of carbonyl (C=O) groups excluding carboxylic acids is 1. The van der Waals surface area contributed by atoms with Crippen molar-refractivity contribution >= 4 is 47.2 Å². The molecule has 0 saturated carbocycles. The summed E-state index contributed by atoms with van der Waals surface area (Å²) in [4.78, 5) is 16.7. The number of hydrogen-bond donors (Lipinski definition) is 3. The molecule has 0 radical (unpaired) electrons. The van der Waals surface area contributed by atoms with Crippen LogP contribution < -0.4 is 16.0 Å². The maximum absolute atomic E-state index is 10.9. The Kier molecular flexibility index (Phi) is 11.0. The molecule has 2 aromatic heterocycles. The third-order valence-electron chi connectivity index (χ3n) is 3.24. The molecular formula is C17H25IN4O2S. The van der Waals surface area contributed by atoms with Gasteiger partial charge in [-0.05, 0) is 30.0 Å². The molecule has 0 aromatic carbocycles. The Morgan fingerprint density at radius 3 is 2.64 bits per heavy atom. The molecule has 0 aliphatic carbocycles. The molecule has 0 saturated heterocycles. The van der Waals surface area contributed by atoms with E-state index in [1.54, 1.807) is 17.6 Å². The number of thiophene rings is 1. The lowest BCUT2D eigenvalue weighted by molar-refractivity contribution is -0.118. The Labute approximate surface area is 169 Å². The Morgan fingerprint density at radius 2 is 1.96 bits per heavy atom. The predicted octanol–water partition coefficient (Wildman–Crippen LogP) is 2.76. The number of carbonyl (C=O) groups is 1. The van der Waals surface area contributed by atoms with Gasteiger partial charge in [-0.2, -0.15) is 0 Å². The van der Waals surface area contributed by atoms with Crippen molar-refractivity contribution < 1.29 is 9.21 Å². The smallest absolute Gasteiger partial charge is 0.216 e. The van der Waals surface area contributed by atoms with E-state index in [0.29, 0.717) is 13.1 Å². The van der Waals surface area contributed by atoms with Crippen LogP contribution in [0.4, 0.5) is 0 Å². The van der Waals surface area contributed by atoms with Crippen molar-refractivity contribution in [2.75, 3.05) is 19.6 Å². The molecule has 0 unspecified atom stereocenters. The molecule has 3 N–H and O–H groups in total. The van der Waals surface area contributed by atoms with Gasteiger partial charge in [-0.3, -0.25) is 4.79 Å². The molecule has 25 heavy (non-hydrogen) atoms. The maximum atomic E-state index is 10.9. The number of nitrogens with one attached hydrogen (secondary N) is 3. The summed E-state index contributed by atoms with van der Waals surface area (Å²) in [5, 5.41) is 11.5. The van der Waals surface area contributed by atoms with E-state index in [2.05, 4.69) is 32.4 Å². The van der Waals surface area contributed by atoms with Crippen molar-refractivity contribution in [1.82, 2.24) is 16.0 Å². The predicted molar refractivity (Wildman–Crippen MR) is 113 cm³/mol. The van der Waals surface area contributed by atoms with Crippen LogP contribution in [-0.4, -0.2) is 31.5 Å². The molecule has 0 atom stereocenters. The first kappa shape index (κ1) is 21.5. The lowest BCUT2D eigenvalue weighted by Gasteiger charge is -2.12. The van der Waals surface area contributed by atoms with Gasteiger partial charge in [0, 0.05) is 37.9 Å². The van der Waals surface area contributed by atoms with Gasteiger partial charge in [0.1, 0.15) is 5.76 Å². The van der Waals surface area contributed by atoms with Gasteiger partial charge in [0.05, 0.1) is 12.8 Å². The molecule has 8 heteroatoms. The number of halogens is 1. The third-order valence-corrected chi connectivity index (χ3v) is 4.10. The number of nitrogens with zero attached hydrogens (tertiary/aromatic N) is 1. The summed E-state index contributed by atoms with van der Waals surface area (Å²) in [5.74, 6) is 1.72. The number of guanidine groups is 1. The van der Waals surface area contributed by atoms with Crippen LogP contribution in [0.15, 0.2) is 45.3 Å². The first-order chi connectivity index (χ1) is 11.7. The molecule has 138 valence electrons. The van der Waals surface area contributed by atoms with Crippen LogP contribution in [0.25, 0.3) is 0 Å². The first-order valence-corrected chi connectivity index (χ1v) is 8.93. The van der Waals surface area contributed by atoms with Crippen LogP contribution in [0.3, 0.4) is 0 Å². The quantitative estimate of drug-likeness (QED) is 0.225. The van der Waals surface area contributed by atoms with Gasteiger partial charge in [-0.1, -0.05) is 6.07 Å². The molecule has 2 heterocycles. The minimum atomic E-state index is -0.00170. The standard InChI is InChI=1S/C17H24N4O2S.HI/c1-14(22)18-8-4-9-19-17(21-13-16-6-3-12-24-16)20-10-7-15-5-2-11-23-15;/h2-3,5-6,11-12H,4,7-10,13H2,1H3,(H,18,22)(H2,19,20,21);1H. The van der Waals surface area contributed by atoms with Gasteiger partial charge < -0.3 is 20.4 Å². The molecule has 6 nitrogen and oxygen atoms in total. The summed E-state index contributed by atoms with van der Waals surface area (Å²) < 4.78 is 5.33. The Morgan fingerprint density at radius 1 is 1.16 bits per heavy atom. The average molecular weight is 476 g/mol. The highest BCUT2D eigenvalue weighted by molar-refractivity contribution is 14.0. The van der Waals surface area contributed by atoms with Gasteiger partial charge in [0.15, 0.2) is 5.96 Å². The third kappa shape index (κ3) is 9.49. The molecule has 2 aromatic rings. The zero-order valence-electron chi connectivity index (χ0n) is 14.3. The fraction of sp³-hybridized carbons (Fsp3) is 0.412. The van der Waals surface area contributed by atoms with Gasteiger partial charge >= 0.3 is 0 Å². The van der Waals surface area contributed by atoms with Crippen molar-refractivity contribution in [3.63, 3.8) is 0 Å². The average Bonchev–Trinajstić information content (AvgIpc) is 3.25. The molecule has 1 amide bonds. The monoisotopic (exact) mass is 476 g/mol. The van der Waals surface area contributed by atoms with Crippen molar-refractivity contribution in [3.8, 4) is 0 Å². The van der Waals surface area contributed by atoms with E-state index in [-0.39, 0.29) is 29.9 Å². The summed E-state index contributed by atoms with van der Waals surface area (Å²) in [5.41, 5.74) is 0. The molecule has 0 spiro atoms. The summed E-state index contributed by atoms with van der Waals surface area (Å²) in [6.45, 7) is 4.33. The molecule has 0 bridgehead atoms. The van der Waals surface area contributed by atoms with Gasteiger partial charge in [-0.25, -0.2) is 4.99 Å². The minimum absolute atomic E-state index is 0. The van der Waals surface area contributed by atoms with Crippen LogP contribution in [0, 0.1) is 0 Å². The van der Waals surface area contributed by atoms with Crippen LogP contribution in [0.5, 0.6) is 0 Å². The van der Waals surface area contributed by atoms with Crippen LogP contribution in [0.1, 0.15) is 24.0 Å². The molecule has 0 fully saturated rings. The van der Waals surface area contributed by atoms with Gasteiger partial charge in [0.2, 0.25) is 5.91 Å². The largest absolute Gasteiger partial charge is 0.469 e. The molecular weight excluding hydrogens is 451 g/mol. The normalized spacial score (nSPS) is 10.8. The number of rotatable bonds is 9. The highest BCUT2D eigenvalue weighted by Gasteiger charge is 2.01. The summed E-state index contributed by atoms with van der Waals surface area (Å²) in [7, 11) is 0. The number of aliphatic imine (C=N–C) groups is 1. The second kappa shape index (κ2) is 12.8. The van der Waals surface area contributed by atoms with E-state index in [4.69, 9.17) is 4.42 Å². The number of furan rings is 1. The molecule has 0 aliphatic heterocycles. The molecule has 0 aliphatic rings. The fourth-order valence-electron chi connectivity index (χ4n) is 2.05. The number of hydrogen-bond acceptors (Lipinski definition) is 4. The zero-order valence-corrected chi connectivity index (χ0v) is 17.4. The zero-order chi connectivity index (χ0) is 17.0. The van der Waals surface area contributed by atoms with E-state index in [1.807, 2.05) is 18.2 Å². The van der Waals surface area contributed by atoms with Gasteiger partial charge in [-0.15, -0.1) is 35.3 Å². The summed E-state index contributed by atoms with van der Waals surface area (Å²) >= 11 is 1.70. The van der Waals surface area contributed by atoms with Crippen LogP contribution in [0.2, 0.25) is 0 Å². The van der Waals surface area contributed by atoms with Crippen molar-refractivity contribution in [2.24, 2.45) is 4.99 Å². The van der Waals surface area contributed by atoms with E-state index >= 15 is 0 Å². The minimum Gasteiger partial charge on any atom is -0.469 e. The summed E-state index contributed by atoms with van der Waals surface area (Å²) in [6.07, 6.45) is 3.33. The van der Waals surface area contributed by atoms with Crippen molar-refractivity contribution in [1.29, 1.82) is 0 Å². The van der Waals surface area contributed by atoms with Gasteiger partial charge in [0.25, 0.3) is 0 Å². The number of amides is 1. The Balaban J connectivity index is 0.00000312. The van der Waals surface area contributed by atoms with E-state index < -0.39 is 0 Å². The second-order valence-corrected chi connectivity index (χ2v) is 6.30. The van der Waals surface area contributed by atoms with E-state index in [0.717, 1.165) is 37.7 Å². The van der Waals surface area contributed by atoms with E-state index in [1.165, 1.54) is 11.8 Å².